The maximum absolute atomic E-state index is 14.3. The Kier molecular flexibility index (Phi) is 3.96. The third-order valence-electron chi connectivity index (χ3n) is 4.04. The Morgan fingerprint density at radius 1 is 1.22 bits per heavy atom. The van der Waals surface area contributed by atoms with Gasteiger partial charge in [0, 0.05) is 24.2 Å². The van der Waals surface area contributed by atoms with E-state index in [1.807, 2.05) is 25.1 Å². The second-order valence-electron chi connectivity index (χ2n) is 5.66. The number of benzodiazepines with no additional fused rings is 1. The minimum Gasteiger partial charge on any atom is -0.324 e. The van der Waals surface area contributed by atoms with Gasteiger partial charge in [0.15, 0.2) is 0 Å². The van der Waals surface area contributed by atoms with Crippen molar-refractivity contribution in [2.75, 3.05) is 18.5 Å². The SMILES string of the molecule is CC(N)c1ccc2c(c1)C(c1ccccc1F)=NCC(=O)N2C. The average Bonchev–Trinajstić information content (AvgIpc) is 2.66. The van der Waals surface area contributed by atoms with Gasteiger partial charge in [-0.1, -0.05) is 18.2 Å². The molecule has 3 rings (SSSR count). The number of halogens is 1. The van der Waals surface area contributed by atoms with E-state index in [9.17, 15) is 9.18 Å². The summed E-state index contributed by atoms with van der Waals surface area (Å²) in [7, 11) is 1.70. The summed E-state index contributed by atoms with van der Waals surface area (Å²) in [6, 6.07) is 11.9. The summed E-state index contributed by atoms with van der Waals surface area (Å²) in [6.45, 7) is 1.87. The van der Waals surface area contributed by atoms with Gasteiger partial charge in [-0.15, -0.1) is 0 Å². The Morgan fingerprint density at radius 2 is 1.96 bits per heavy atom. The van der Waals surface area contributed by atoms with Crippen LogP contribution >= 0.6 is 0 Å². The molecule has 1 heterocycles. The molecule has 0 radical (unpaired) electrons. The number of hydrogen-bond donors (Lipinski definition) is 1. The number of rotatable bonds is 2. The second kappa shape index (κ2) is 5.93. The summed E-state index contributed by atoms with van der Waals surface area (Å²) < 4.78 is 14.3. The molecule has 0 aliphatic carbocycles. The van der Waals surface area contributed by atoms with Gasteiger partial charge in [0.25, 0.3) is 0 Å². The monoisotopic (exact) mass is 311 g/mol. The van der Waals surface area contributed by atoms with Crippen LogP contribution in [0, 0.1) is 5.82 Å². The molecule has 0 saturated carbocycles. The Hall–Kier alpha value is -2.53. The third kappa shape index (κ3) is 2.75. The molecule has 2 aromatic rings. The molecule has 1 aliphatic heterocycles. The van der Waals surface area contributed by atoms with Gasteiger partial charge >= 0.3 is 0 Å². The van der Waals surface area contributed by atoms with E-state index in [1.165, 1.54) is 6.07 Å². The number of nitrogens with two attached hydrogens (primary N) is 1. The van der Waals surface area contributed by atoms with E-state index < -0.39 is 0 Å². The van der Waals surface area contributed by atoms with Crippen LogP contribution < -0.4 is 10.6 Å². The van der Waals surface area contributed by atoms with E-state index >= 15 is 0 Å². The summed E-state index contributed by atoms with van der Waals surface area (Å²) >= 11 is 0. The predicted octanol–water partition coefficient (Wildman–Crippen LogP) is 2.66. The molecular formula is C18H18FN3O. The van der Waals surface area contributed by atoms with Crippen molar-refractivity contribution in [3.05, 3.63) is 65.0 Å². The minimum atomic E-state index is -0.361. The first-order valence-electron chi connectivity index (χ1n) is 7.45. The highest BCUT2D eigenvalue weighted by atomic mass is 19.1. The van der Waals surface area contributed by atoms with Crippen LogP contribution in [-0.4, -0.2) is 25.2 Å². The molecule has 0 fully saturated rings. The summed E-state index contributed by atoms with van der Waals surface area (Å²) in [6.07, 6.45) is 0. The smallest absolute Gasteiger partial charge is 0.248 e. The average molecular weight is 311 g/mol. The first kappa shape index (κ1) is 15.4. The fourth-order valence-corrected chi connectivity index (χ4v) is 2.67. The maximum Gasteiger partial charge on any atom is 0.248 e. The normalized spacial score (nSPS) is 15.7. The van der Waals surface area contributed by atoms with Crippen molar-refractivity contribution < 1.29 is 9.18 Å². The zero-order valence-electron chi connectivity index (χ0n) is 13.1. The van der Waals surface area contributed by atoms with E-state index in [1.54, 1.807) is 30.1 Å². The van der Waals surface area contributed by atoms with Crippen molar-refractivity contribution in [3.8, 4) is 0 Å². The van der Waals surface area contributed by atoms with Gasteiger partial charge in [-0.25, -0.2) is 4.39 Å². The van der Waals surface area contributed by atoms with Crippen molar-refractivity contribution in [3.63, 3.8) is 0 Å². The number of amides is 1. The van der Waals surface area contributed by atoms with Gasteiger partial charge in [0.2, 0.25) is 5.91 Å². The van der Waals surface area contributed by atoms with Gasteiger partial charge in [-0.3, -0.25) is 9.79 Å². The molecule has 0 aromatic heterocycles. The van der Waals surface area contributed by atoms with Gasteiger partial charge in [0.1, 0.15) is 12.4 Å². The number of hydrogen-bond acceptors (Lipinski definition) is 3. The molecule has 1 aliphatic rings. The zero-order valence-corrected chi connectivity index (χ0v) is 13.1. The fourth-order valence-electron chi connectivity index (χ4n) is 2.67. The van der Waals surface area contributed by atoms with Crippen LogP contribution in [0.1, 0.15) is 29.7 Å². The number of anilines is 1. The summed E-state index contributed by atoms with van der Waals surface area (Å²) in [4.78, 5) is 18.1. The highest BCUT2D eigenvalue weighted by molar-refractivity contribution is 6.19. The molecule has 2 aromatic carbocycles. The second-order valence-corrected chi connectivity index (χ2v) is 5.66. The van der Waals surface area contributed by atoms with Crippen molar-refractivity contribution in [1.82, 2.24) is 0 Å². The third-order valence-corrected chi connectivity index (χ3v) is 4.04. The largest absolute Gasteiger partial charge is 0.324 e. The summed E-state index contributed by atoms with van der Waals surface area (Å²) in [5, 5.41) is 0. The van der Waals surface area contributed by atoms with E-state index in [0.29, 0.717) is 17.0 Å². The molecule has 0 bridgehead atoms. The summed E-state index contributed by atoms with van der Waals surface area (Å²) in [5.41, 5.74) is 9.18. The van der Waals surface area contributed by atoms with Crippen LogP contribution in [0.25, 0.3) is 0 Å². The van der Waals surface area contributed by atoms with Crippen molar-refractivity contribution >= 4 is 17.3 Å². The lowest BCUT2D eigenvalue weighted by Crippen LogP contribution is -2.27. The molecule has 1 amide bonds. The van der Waals surface area contributed by atoms with Gasteiger partial charge < -0.3 is 10.6 Å². The van der Waals surface area contributed by atoms with Crippen molar-refractivity contribution in [2.45, 2.75) is 13.0 Å². The molecular weight excluding hydrogens is 293 g/mol. The number of fused-ring (bicyclic) bond motifs is 1. The molecule has 0 saturated heterocycles. The van der Waals surface area contributed by atoms with Crippen LogP contribution in [0.4, 0.5) is 10.1 Å². The molecule has 4 nitrogen and oxygen atoms in total. The van der Waals surface area contributed by atoms with Crippen LogP contribution in [0.5, 0.6) is 0 Å². The molecule has 0 spiro atoms. The first-order chi connectivity index (χ1) is 11.0. The standard InChI is InChI=1S/C18H18FN3O/c1-11(20)12-7-8-16-14(9-12)18(21-10-17(23)22(16)2)13-5-3-4-6-15(13)19/h3-9,11H,10,20H2,1-2H3. The number of likely N-dealkylation sites (N-methyl/N-ethyl adjacent to an activating group) is 1. The highest BCUT2D eigenvalue weighted by Gasteiger charge is 2.24. The number of carbonyl (C=O) groups excluding carboxylic acids is 1. The van der Waals surface area contributed by atoms with E-state index in [-0.39, 0.29) is 24.3 Å². The van der Waals surface area contributed by atoms with Crippen LogP contribution in [-0.2, 0) is 4.79 Å². The number of nitrogens with zero attached hydrogens (tertiary/aromatic N) is 2. The van der Waals surface area contributed by atoms with Gasteiger partial charge in [-0.05, 0) is 36.8 Å². The Labute approximate surface area is 134 Å². The lowest BCUT2D eigenvalue weighted by atomic mass is 9.96. The molecule has 118 valence electrons. The number of aliphatic imine (C=N–C) groups is 1. The van der Waals surface area contributed by atoms with E-state index in [0.717, 1.165) is 11.1 Å². The maximum atomic E-state index is 14.3. The Morgan fingerprint density at radius 3 is 2.65 bits per heavy atom. The minimum absolute atomic E-state index is 0.0115. The quantitative estimate of drug-likeness (QED) is 0.927. The Bertz CT molecular complexity index is 799. The number of carbonyl (C=O) groups is 1. The highest BCUT2D eigenvalue weighted by Crippen LogP contribution is 2.29. The molecule has 5 heteroatoms. The molecule has 2 N–H and O–H groups in total. The zero-order chi connectivity index (χ0) is 16.6. The first-order valence-corrected chi connectivity index (χ1v) is 7.45. The van der Waals surface area contributed by atoms with Crippen molar-refractivity contribution in [1.29, 1.82) is 0 Å². The molecule has 1 unspecified atom stereocenters. The lowest BCUT2D eigenvalue weighted by molar-refractivity contribution is -0.116. The van der Waals surface area contributed by atoms with Crippen LogP contribution in [0.15, 0.2) is 47.5 Å². The molecule has 1 atom stereocenters. The van der Waals surface area contributed by atoms with Crippen LogP contribution in [0.3, 0.4) is 0 Å². The predicted molar refractivity (Wildman–Crippen MR) is 89.4 cm³/mol. The lowest BCUT2D eigenvalue weighted by Gasteiger charge is -2.20. The van der Waals surface area contributed by atoms with E-state index in [2.05, 4.69) is 4.99 Å². The topological polar surface area (TPSA) is 58.7 Å². The molecule has 23 heavy (non-hydrogen) atoms. The van der Waals surface area contributed by atoms with Gasteiger partial charge in [-0.2, -0.15) is 0 Å². The van der Waals surface area contributed by atoms with Gasteiger partial charge in [0.05, 0.1) is 11.4 Å². The number of benzene rings is 2. The van der Waals surface area contributed by atoms with Crippen molar-refractivity contribution in [2.24, 2.45) is 10.7 Å². The fraction of sp³-hybridized carbons (Fsp3) is 0.222. The van der Waals surface area contributed by atoms with E-state index in [4.69, 9.17) is 5.73 Å². The summed E-state index contributed by atoms with van der Waals surface area (Å²) in [5.74, 6) is -0.494. The Balaban J connectivity index is 2.25. The van der Waals surface area contributed by atoms with Crippen LogP contribution in [0.2, 0.25) is 0 Å².